The Labute approximate surface area is 188 Å². The Hall–Kier alpha value is -3.81. The lowest BCUT2D eigenvalue weighted by Gasteiger charge is -2.35. The number of hydrogen-bond acceptors (Lipinski definition) is 7. The van der Waals surface area contributed by atoms with Crippen molar-refractivity contribution in [2.75, 3.05) is 43.5 Å². The van der Waals surface area contributed by atoms with Crippen LogP contribution in [-0.4, -0.2) is 54.3 Å². The number of pyridine rings is 2. The van der Waals surface area contributed by atoms with Crippen molar-refractivity contribution >= 4 is 33.3 Å². The molecular formula is C23H21F2N7O. The fourth-order valence-corrected chi connectivity index (χ4v) is 4.39. The molecule has 8 nitrogen and oxygen atoms in total. The highest BCUT2D eigenvalue weighted by molar-refractivity contribution is 6.18. The van der Waals surface area contributed by atoms with E-state index in [2.05, 4.69) is 31.2 Å². The summed E-state index contributed by atoms with van der Waals surface area (Å²) >= 11 is 0. The number of ether oxygens (including phenoxy) is 1. The number of halogens is 2. The minimum Gasteiger partial charge on any atom is -0.386 e. The van der Waals surface area contributed by atoms with Gasteiger partial charge in [-0.1, -0.05) is 0 Å². The van der Waals surface area contributed by atoms with E-state index in [9.17, 15) is 9.65 Å². The van der Waals surface area contributed by atoms with Crippen LogP contribution in [0.3, 0.4) is 0 Å². The molecule has 0 saturated carbocycles. The highest BCUT2D eigenvalue weighted by Crippen LogP contribution is 2.43. The summed E-state index contributed by atoms with van der Waals surface area (Å²) in [5.74, 6) is -1.91. The van der Waals surface area contributed by atoms with E-state index in [1.165, 1.54) is 6.20 Å². The van der Waals surface area contributed by atoms with Gasteiger partial charge >= 0.3 is 0 Å². The second-order valence-corrected chi connectivity index (χ2v) is 7.84. The van der Waals surface area contributed by atoms with E-state index in [0.29, 0.717) is 70.9 Å². The number of benzene rings is 1. The molecule has 0 amide bonds. The first kappa shape index (κ1) is 21.1. The summed E-state index contributed by atoms with van der Waals surface area (Å²) in [7, 11) is 1.64. The zero-order chi connectivity index (χ0) is 23.1. The maximum Gasteiger partial charge on any atom is 0.169 e. The number of nitrogens with zero attached hydrogens (tertiary/aromatic N) is 4. The van der Waals surface area contributed by atoms with Crippen LogP contribution in [0.4, 0.5) is 20.2 Å². The first-order valence-corrected chi connectivity index (χ1v) is 10.5. The molecule has 3 aromatic heterocycles. The first-order chi connectivity index (χ1) is 16.0. The molecule has 1 atom stereocenters. The predicted octanol–water partition coefficient (Wildman–Crippen LogP) is 3.13. The summed E-state index contributed by atoms with van der Waals surface area (Å²) in [6, 6.07) is 4.91. The van der Waals surface area contributed by atoms with E-state index in [0.717, 1.165) is 6.07 Å². The summed E-state index contributed by atoms with van der Waals surface area (Å²) in [6.45, 7) is 1.75. The molecule has 1 fully saturated rings. The molecule has 0 bridgehead atoms. The van der Waals surface area contributed by atoms with Gasteiger partial charge in [0.15, 0.2) is 11.6 Å². The lowest BCUT2D eigenvalue weighted by molar-refractivity contribution is 0.0467. The fraction of sp³-hybridized carbons (Fsp3) is 0.261. The van der Waals surface area contributed by atoms with E-state index in [-0.39, 0.29) is 11.5 Å². The van der Waals surface area contributed by atoms with Crippen molar-refractivity contribution in [3.8, 4) is 17.2 Å². The van der Waals surface area contributed by atoms with Gasteiger partial charge in [-0.05, 0) is 6.07 Å². The summed E-state index contributed by atoms with van der Waals surface area (Å²) in [6.07, 6.45) is 4.54. The Bertz CT molecular complexity index is 1410. The second-order valence-electron chi connectivity index (χ2n) is 7.84. The van der Waals surface area contributed by atoms with Crippen molar-refractivity contribution in [2.24, 2.45) is 5.73 Å². The van der Waals surface area contributed by atoms with E-state index in [1.807, 2.05) is 0 Å². The van der Waals surface area contributed by atoms with Gasteiger partial charge in [0.25, 0.3) is 0 Å². The Morgan fingerprint density at radius 2 is 2.15 bits per heavy atom. The van der Waals surface area contributed by atoms with E-state index in [1.54, 1.807) is 25.5 Å². The number of H-pyrrole nitrogens is 1. The van der Waals surface area contributed by atoms with Crippen LogP contribution in [-0.2, 0) is 4.74 Å². The Kier molecular flexibility index (Phi) is 5.28. The van der Waals surface area contributed by atoms with Crippen LogP contribution in [0, 0.1) is 23.0 Å². The van der Waals surface area contributed by atoms with Gasteiger partial charge in [-0.2, -0.15) is 5.26 Å². The number of anilines is 2. The molecule has 0 spiro atoms. The minimum absolute atomic E-state index is 0.110. The number of nitrogens with two attached hydrogens (primary N) is 1. The van der Waals surface area contributed by atoms with Crippen molar-refractivity contribution in [1.29, 1.82) is 5.26 Å². The molecule has 1 aromatic carbocycles. The molecule has 4 aromatic rings. The van der Waals surface area contributed by atoms with Crippen molar-refractivity contribution < 1.29 is 13.5 Å². The zero-order valence-corrected chi connectivity index (χ0v) is 17.8. The number of rotatable bonds is 4. The molecule has 4 N–H and O–H groups in total. The second kappa shape index (κ2) is 8.27. The number of nitriles is 1. The monoisotopic (exact) mass is 449 g/mol. The molecule has 168 valence electrons. The zero-order valence-electron chi connectivity index (χ0n) is 17.8. The Morgan fingerprint density at radius 1 is 1.30 bits per heavy atom. The van der Waals surface area contributed by atoms with Gasteiger partial charge < -0.3 is 25.7 Å². The SMILES string of the molecule is CNc1cc(F)c(F)c2c1[nH]c1ncc(-c3cncc(C#N)c3)c(N3CCOC(CN)C3)c12. The number of fused-ring (bicyclic) bond motifs is 3. The number of aromatic amines is 1. The fourth-order valence-electron chi connectivity index (χ4n) is 4.39. The van der Waals surface area contributed by atoms with Crippen molar-refractivity contribution in [2.45, 2.75) is 6.10 Å². The third kappa shape index (κ3) is 3.42. The third-order valence-electron chi connectivity index (χ3n) is 5.93. The van der Waals surface area contributed by atoms with Gasteiger partial charge in [0, 0.05) is 62.5 Å². The van der Waals surface area contributed by atoms with E-state index in [4.69, 9.17) is 10.5 Å². The van der Waals surface area contributed by atoms with Gasteiger partial charge in [-0.3, -0.25) is 4.98 Å². The van der Waals surface area contributed by atoms with Gasteiger partial charge in [0.2, 0.25) is 0 Å². The van der Waals surface area contributed by atoms with Crippen LogP contribution in [0.5, 0.6) is 0 Å². The molecule has 0 aliphatic carbocycles. The highest BCUT2D eigenvalue weighted by Gasteiger charge is 2.28. The molecule has 1 aliphatic rings. The maximum absolute atomic E-state index is 15.3. The molecule has 4 heterocycles. The quantitative estimate of drug-likeness (QED) is 0.438. The molecule has 0 radical (unpaired) electrons. The first-order valence-electron chi connectivity index (χ1n) is 10.5. The number of hydrogen-bond donors (Lipinski definition) is 3. The molecule has 1 unspecified atom stereocenters. The number of morpholine rings is 1. The molecule has 1 aliphatic heterocycles. The average molecular weight is 449 g/mol. The van der Waals surface area contributed by atoms with Crippen molar-refractivity contribution in [1.82, 2.24) is 15.0 Å². The predicted molar refractivity (Wildman–Crippen MR) is 122 cm³/mol. The summed E-state index contributed by atoms with van der Waals surface area (Å²) in [4.78, 5) is 13.9. The lowest BCUT2D eigenvalue weighted by atomic mass is 10.0. The van der Waals surface area contributed by atoms with Crippen molar-refractivity contribution in [3.63, 3.8) is 0 Å². The van der Waals surface area contributed by atoms with Crippen LogP contribution >= 0.6 is 0 Å². The third-order valence-corrected chi connectivity index (χ3v) is 5.93. The van der Waals surface area contributed by atoms with Gasteiger partial charge in [0.05, 0.1) is 45.9 Å². The minimum atomic E-state index is -0.959. The topological polar surface area (TPSA) is 116 Å². The van der Waals surface area contributed by atoms with Crippen LogP contribution < -0.4 is 16.0 Å². The van der Waals surface area contributed by atoms with E-state index >= 15 is 4.39 Å². The van der Waals surface area contributed by atoms with Crippen LogP contribution in [0.15, 0.2) is 30.7 Å². The number of nitrogens with one attached hydrogen (secondary N) is 2. The molecule has 10 heteroatoms. The largest absolute Gasteiger partial charge is 0.386 e. The molecule has 1 saturated heterocycles. The van der Waals surface area contributed by atoms with Crippen molar-refractivity contribution in [3.05, 3.63) is 47.9 Å². The Morgan fingerprint density at radius 3 is 2.91 bits per heavy atom. The molecule has 5 rings (SSSR count). The normalized spacial score (nSPS) is 16.3. The van der Waals surface area contributed by atoms with Crippen LogP contribution in [0.1, 0.15) is 5.56 Å². The Balaban J connectivity index is 1.88. The van der Waals surface area contributed by atoms with E-state index < -0.39 is 11.6 Å². The summed E-state index contributed by atoms with van der Waals surface area (Å²) in [5, 5.41) is 12.8. The van der Waals surface area contributed by atoms with Crippen LogP contribution in [0.2, 0.25) is 0 Å². The number of aromatic nitrogens is 3. The summed E-state index contributed by atoms with van der Waals surface area (Å²) in [5.41, 5.74) is 9.47. The van der Waals surface area contributed by atoms with Crippen LogP contribution in [0.25, 0.3) is 33.1 Å². The maximum atomic E-state index is 15.3. The van der Waals surface area contributed by atoms with Gasteiger partial charge in [0.1, 0.15) is 11.7 Å². The molecular weight excluding hydrogens is 428 g/mol. The summed E-state index contributed by atoms with van der Waals surface area (Å²) < 4.78 is 35.6. The standard InChI is InChI=1S/C23H21F2N7O/c1-28-17-5-16(24)20(25)18-19-22(32-2-3-33-14(7-27)11-32)15(10-30-23(19)31-21(17)18)13-4-12(6-26)8-29-9-13/h4-5,8-10,14,28H,2-3,7,11,27H2,1H3,(H,30,31). The lowest BCUT2D eigenvalue weighted by Crippen LogP contribution is -2.46. The smallest absolute Gasteiger partial charge is 0.169 e. The highest BCUT2D eigenvalue weighted by atomic mass is 19.2. The molecule has 33 heavy (non-hydrogen) atoms. The van der Waals surface area contributed by atoms with Gasteiger partial charge in [-0.25, -0.2) is 13.8 Å². The van der Waals surface area contributed by atoms with Gasteiger partial charge in [-0.15, -0.1) is 0 Å². The average Bonchev–Trinajstić information content (AvgIpc) is 3.25.